The van der Waals surface area contributed by atoms with E-state index in [0.29, 0.717) is 5.56 Å². The lowest BCUT2D eigenvalue weighted by atomic mass is 10.0. The van der Waals surface area contributed by atoms with Gasteiger partial charge in [-0.2, -0.15) is 0 Å². The number of rotatable bonds is 2. The van der Waals surface area contributed by atoms with Crippen molar-refractivity contribution < 1.29 is 4.39 Å². The summed E-state index contributed by atoms with van der Waals surface area (Å²) in [6.07, 6.45) is 3.32. The average molecular weight is 213 g/mol. The molecule has 0 amide bonds. The summed E-state index contributed by atoms with van der Waals surface area (Å²) in [6, 6.07) is 8.72. The summed E-state index contributed by atoms with van der Waals surface area (Å²) in [5, 5.41) is 0. The third-order valence-corrected chi connectivity index (χ3v) is 2.43. The van der Waals surface area contributed by atoms with Crippen molar-refractivity contribution in [3.05, 3.63) is 60.2 Å². The molecule has 0 spiro atoms. The fourth-order valence-electron chi connectivity index (χ4n) is 1.55. The molecule has 0 fully saturated rings. The zero-order valence-corrected chi connectivity index (χ0v) is 9.07. The molecule has 2 rings (SSSR count). The Kier molecular flexibility index (Phi) is 2.82. The van der Waals surface area contributed by atoms with Crippen LogP contribution in [0.5, 0.6) is 0 Å². The molecule has 0 saturated carbocycles. The van der Waals surface area contributed by atoms with Gasteiger partial charge < -0.3 is 0 Å². The maximum absolute atomic E-state index is 13.6. The van der Waals surface area contributed by atoms with Crippen LogP contribution in [0, 0.1) is 12.7 Å². The minimum Gasteiger partial charge on any atom is -0.256 e. The van der Waals surface area contributed by atoms with Crippen LogP contribution in [0.1, 0.15) is 11.3 Å². The van der Waals surface area contributed by atoms with E-state index >= 15 is 0 Å². The maximum atomic E-state index is 13.6. The summed E-state index contributed by atoms with van der Waals surface area (Å²) < 4.78 is 13.6. The molecule has 1 aromatic carbocycles. The molecule has 1 aromatic heterocycles. The summed E-state index contributed by atoms with van der Waals surface area (Å²) in [4.78, 5) is 4.16. The second-order valence-electron chi connectivity index (χ2n) is 3.66. The molecule has 0 atom stereocenters. The van der Waals surface area contributed by atoms with Gasteiger partial charge in [0.2, 0.25) is 0 Å². The van der Waals surface area contributed by atoms with Crippen molar-refractivity contribution in [2.24, 2.45) is 0 Å². The molecule has 1 heterocycles. The molecule has 0 bridgehead atoms. The molecule has 2 heteroatoms. The van der Waals surface area contributed by atoms with Gasteiger partial charge >= 0.3 is 0 Å². The second kappa shape index (κ2) is 4.27. The number of aromatic nitrogens is 1. The van der Waals surface area contributed by atoms with Crippen LogP contribution in [0.4, 0.5) is 4.39 Å². The smallest absolute Gasteiger partial charge is 0.131 e. The molecule has 16 heavy (non-hydrogen) atoms. The van der Waals surface area contributed by atoms with Crippen LogP contribution in [0.15, 0.2) is 43.1 Å². The highest BCUT2D eigenvalue weighted by molar-refractivity contribution is 5.64. The van der Waals surface area contributed by atoms with Gasteiger partial charge in [-0.1, -0.05) is 24.3 Å². The Labute approximate surface area is 94.3 Å². The predicted octanol–water partition coefficient (Wildman–Crippen LogP) is 3.84. The highest BCUT2D eigenvalue weighted by Gasteiger charge is 2.05. The zero-order chi connectivity index (χ0) is 11.5. The van der Waals surface area contributed by atoms with E-state index in [1.165, 1.54) is 6.07 Å². The van der Waals surface area contributed by atoms with Crippen LogP contribution < -0.4 is 0 Å². The van der Waals surface area contributed by atoms with Crippen LogP contribution in [0.3, 0.4) is 0 Å². The van der Waals surface area contributed by atoms with Crippen LogP contribution >= 0.6 is 0 Å². The first-order valence-corrected chi connectivity index (χ1v) is 5.06. The molecule has 0 aliphatic carbocycles. The van der Waals surface area contributed by atoms with Crippen molar-refractivity contribution in [1.82, 2.24) is 4.98 Å². The Morgan fingerprint density at radius 3 is 2.69 bits per heavy atom. The summed E-state index contributed by atoms with van der Waals surface area (Å²) in [5.74, 6) is -0.223. The molecule has 2 aromatic rings. The first-order valence-electron chi connectivity index (χ1n) is 5.06. The minimum absolute atomic E-state index is 0.223. The molecule has 0 N–H and O–H groups in total. The quantitative estimate of drug-likeness (QED) is 0.738. The van der Waals surface area contributed by atoms with Gasteiger partial charge in [0.15, 0.2) is 0 Å². The molecule has 0 unspecified atom stereocenters. The molecule has 0 radical (unpaired) electrons. The predicted molar refractivity (Wildman–Crippen MR) is 64.5 cm³/mol. The highest BCUT2D eigenvalue weighted by Crippen LogP contribution is 2.23. The molecular formula is C14H12FN. The number of nitrogens with zero attached hydrogens (tertiary/aromatic N) is 1. The number of pyridine rings is 1. The largest absolute Gasteiger partial charge is 0.256 e. The van der Waals surface area contributed by atoms with Crippen LogP contribution in [-0.4, -0.2) is 4.98 Å². The zero-order valence-electron chi connectivity index (χ0n) is 9.07. The van der Waals surface area contributed by atoms with Crippen molar-refractivity contribution >= 4 is 6.08 Å². The average Bonchev–Trinajstić information content (AvgIpc) is 2.32. The Balaban J connectivity index is 2.49. The SMILES string of the molecule is C=Cc1ccc(-c2cc(C)ccc2F)cn1. The van der Waals surface area contributed by atoms with Gasteiger partial charge in [0.25, 0.3) is 0 Å². The second-order valence-corrected chi connectivity index (χ2v) is 3.66. The van der Waals surface area contributed by atoms with Crippen molar-refractivity contribution in [3.63, 3.8) is 0 Å². The number of hydrogen-bond acceptors (Lipinski definition) is 1. The minimum atomic E-state index is -0.223. The van der Waals surface area contributed by atoms with Crippen molar-refractivity contribution in [3.8, 4) is 11.1 Å². The Bertz CT molecular complexity index is 515. The fourth-order valence-corrected chi connectivity index (χ4v) is 1.55. The van der Waals surface area contributed by atoms with Gasteiger partial charge in [-0.15, -0.1) is 0 Å². The van der Waals surface area contributed by atoms with E-state index < -0.39 is 0 Å². The number of aryl methyl sites for hydroxylation is 1. The van der Waals surface area contributed by atoms with E-state index in [2.05, 4.69) is 11.6 Å². The molecule has 0 aliphatic rings. The number of benzene rings is 1. The van der Waals surface area contributed by atoms with Crippen LogP contribution in [0.2, 0.25) is 0 Å². The Morgan fingerprint density at radius 2 is 2.06 bits per heavy atom. The van der Waals surface area contributed by atoms with E-state index in [0.717, 1.165) is 16.8 Å². The van der Waals surface area contributed by atoms with E-state index in [9.17, 15) is 4.39 Å². The van der Waals surface area contributed by atoms with Gasteiger partial charge in [-0.25, -0.2) is 4.39 Å². The van der Waals surface area contributed by atoms with Crippen LogP contribution in [0.25, 0.3) is 17.2 Å². The third kappa shape index (κ3) is 2.01. The normalized spacial score (nSPS) is 10.1. The fraction of sp³-hybridized carbons (Fsp3) is 0.0714. The topological polar surface area (TPSA) is 12.9 Å². The lowest BCUT2D eigenvalue weighted by molar-refractivity contribution is 0.631. The van der Waals surface area contributed by atoms with E-state index in [1.54, 1.807) is 18.3 Å². The summed E-state index contributed by atoms with van der Waals surface area (Å²) in [5.41, 5.74) is 3.19. The van der Waals surface area contributed by atoms with Crippen LogP contribution in [-0.2, 0) is 0 Å². The first-order chi connectivity index (χ1) is 7.70. The first kappa shape index (κ1) is 10.6. The van der Waals surface area contributed by atoms with Crippen molar-refractivity contribution in [2.45, 2.75) is 6.92 Å². The molecule has 1 nitrogen and oxygen atoms in total. The van der Waals surface area contributed by atoms with Gasteiger partial charge in [-0.05, 0) is 31.2 Å². The lowest BCUT2D eigenvalue weighted by Crippen LogP contribution is -1.88. The lowest BCUT2D eigenvalue weighted by Gasteiger charge is -2.04. The van der Waals surface area contributed by atoms with Gasteiger partial charge in [0.05, 0.1) is 5.69 Å². The standard InChI is InChI=1S/C14H12FN/c1-3-12-6-5-11(9-16-12)13-8-10(2)4-7-14(13)15/h3-9H,1H2,2H3. The Hall–Kier alpha value is -1.96. The third-order valence-electron chi connectivity index (χ3n) is 2.43. The van der Waals surface area contributed by atoms with E-state index in [4.69, 9.17) is 0 Å². The number of hydrogen-bond donors (Lipinski definition) is 0. The van der Waals surface area contributed by atoms with E-state index in [1.807, 2.05) is 25.1 Å². The molecular weight excluding hydrogens is 201 g/mol. The number of halogens is 1. The molecule has 80 valence electrons. The van der Waals surface area contributed by atoms with Crippen molar-refractivity contribution in [1.29, 1.82) is 0 Å². The summed E-state index contributed by atoms with van der Waals surface area (Å²) in [7, 11) is 0. The maximum Gasteiger partial charge on any atom is 0.131 e. The molecule has 0 aliphatic heterocycles. The molecule has 0 saturated heterocycles. The van der Waals surface area contributed by atoms with Gasteiger partial charge in [-0.3, -0.25) is 4.98 Å². The Morgan fingerprint density at radius 1 is 1.25 bits per heavy atom. The van der Waals surface area contributed by atoms with E-state index in [-0.39, 0.29) is 5.82 Å². The summed E-state index contributed by atoms with van der Waals surface area (Å²) >= 11 is 0. The summed E-state index contributed by atoms with van der Waals surface area (Å²) in [6.45, 7) is 5.57. The monoisotopic (exact) mass is 213 g/mol. The van der Waals surface area contributed by atoms with Gasteiger partial charge in [0.1, 0.15) is 5.82 Å². The van der Waals surface area contributed by atoms with Gasteiger partial charge in [0, 0.05) is 17.3 Å². The highest BCUT2D eigenvalue weighted by atomic mass is 19.1. The van der Waals surface area contributed by atoms with Crippen molar-refractivity contribution in [2.75, 3.05) is 0 Å².